The molecule has 0 aromatic carbocycles. The predicted molar refractivity (Wildman–Crippen MR) is 61.0 cm³/mol. The molecule has 1 heterocycles. The summed E-state index contributed by atoms with van der Waals surface area (Å²) in [5.41, 5.74) is 6.04. The minimum atomic E-state index is -3.63. The van der Waals surface area contributed by atoms with Gasteiger partial charge >= 0.3 is 0 Å². The van der Waals surface area contributed by atoms with Crippen molar-refractivity contribution in [2.45, 2.75) is 18.7 Å². The van der Waals surface area contributed by atoms with E-state index in [2.05, 4.69) is 21.7 Å². The molecule has 0 atom stereocenters. The monoisotopic (exact) mass is 242 g/mol. The Balaban J connectivity index is 3.10. The molecule has 0 radical (unpaired) electrons. The van der Waals surface area contributed by atoms with Crippen molar-refractivity contribution in [3.8, 4) is 11.8 Å². The highest BCUT2D eigenvalue weighted by Crippen LogP contribution is 2.20. The molecular formula is C9H14N4O2S. The molecule has 0 spiro atoms. The summed E-state index contributed by atoms with van der Waals surface area (Å²) >= 11 is 0. The van der Waals surface area contributed by atoms with Gasteiger partial charge in [0.25, 0.3) is 0 Å². The van der Waals surface area contributed by atoms with Crippen LogP contribution in [0.1, 0.15) is 12.6 Å². The maximum absolute atomic E-state index is 11.8. The molecule has 1 rings (SSSR count). The van der Waals surface area contributed by atoms with E-state index >= 15 is 0 Å². The van der Waals surface area contributed by atoms with Crippen molar-refractivity contribution in [3.05, 3.63) is 5.69 Å². The molecule has 3 N–H and O–H groups in total. The van der Waals surface area contributed by atoms with Gasteiger partial charge in [0.1, 0.15) is 4.90 Å². The summed E-state index contributed by atoms with van der Waals surface area (Å²) in [5.74, 6) is 5.21. The number of nitrogen functional groups attached to an aromatic ring is 1. The summed E-state index contributed by atoms with van der Waals surface area (Å²) < 4.78 is 27.5. The SMILES string of the molecule is CC#CCNS(=O)(=O)c1c(N)nn(C)c1C. The number of sulfonamides is 1. The molecule has 88 valence electrons. The van der Waals surface area contributed by atoms with Gasteiger partial charge in [0.2, 0.25) is 10.0 Å². The van der Waals surface area contributed by atoms with E-state index in [9.17, 15) is 8.42 Å². The van der Waals surface area contributed by atoms with Gasteiger partial charge in [-0.1, -0.05) is 5.92 Å². The lowest BCUT2D eigenvalue weighted by Crippen LogP contribution is -2.25. The second kappa shape index (κ2) is 4.55. The molecule has 7 heteroatoms. The highest BCUT2D eigenvalue weighted by Gasteiger charge is 2.23. The maximum atomic E-state index is 11.8. The summed E-state index contributed by atoms with van der Waals surface area (Å²) in [4.78, 5) is 0.0212. The first-order valence-corrected chi connectivity index (χ1v) is 6.06. The summed E-state index contributed by atoms with van der Waals surface area (Å²) in [6.07, 6.45) is 0. The number of rotatable bonds is 3. The Morgan fingerprint density at radius 2 is 2.19 bits per heavy atom. The molecule has 1 aromatic heterocycles. The molecule has 0 bridgehead atoms. The van der Waals surface area contributed by atoms with Crippen molar-refractivity contribution in [2.24, 2.45) is 7.05 Å². The van der Waals surface area contributed by atoms with Crippen LogP contribution >= 0.6 is 0 Å². The highest BCUT2D eigenvalue weighted by atomic mass is 32.2. The predicted octanol–water partition coefficient (Wildman–Crippen LogP) is -0.388. The molecule has 6 nitrogen and oxygen atoms in total. The van der Waals surface area contributed by atoms with Gasteiger partial charge in [-0.3, -0.25) is 4.68 Å². The van der Waals surface area contributed by atoms with Gasteiger partial charge in [0.05, 0.1) is 12.2 Å². The van der Waals surface area contributed by atoms with Crippen LogP contribution in [-0.2, 0) is 17.1 Å². The molecular weight excluding hydrogens is 228 g/mol. The van der Waals surface area contributed by atoms with Gasteiger partial charge in [-0.15, -0.1) is 5.92 Å². The average molecular weight is 242 g/mol. The zero-order chi connectivity index (χ0) is 12.3. The molecule has 0 unspecified atom stereocenters. The van der Waals surface area contributed by atoms with Crippen molar-refractivity contribution in [3.63, 3.8) is 0 Å². The molecule has 0 aliphatic carbocycles. The quantitative estimate of drug-likeness (QED) is 0.706. The second-order valence-electron chi connectivity index (χ2n) is 3.17. The fourth-order valence-corrected chi connectivity index (χ4v) is 2.48. The van der Waals surface area contributed by atoms with Crippen LogP contribution in [0.15, 0.2) is 4.90 Å². The van der Waals surface area contributed by atoms with Gasteiger partial charge in [-0.25, -0.2) is 8.42 Å². The highest BCUT2D eigenvalue weighted by molar-refractivity contribution is 7.89. The second-order valence-corrected chi connectivity index (χ2v) is 4.88. The molecule has 0 saturated heterocycles. The van der Waals surface area contributed by atoms with Crippen LogP contribution in [0.5, 0.6) is 0 Å². The number of nitrogens with two attached hydrogens (primary N) is 1. The van der Waals surface area contributed by atoms with Crippen molar-refractivity contribution >= 4 is 15.8 Å². The third kappa shape index (κ3) is 2.35. The molecule has 0 fully saturated rings. The van der Waals surface area contributed by atoms with E-state index in [1.807, 2.05) is 0 Å². The first kappa shape index (κ1) is 12.5. The normalized spacial score (nSPS) is 10.9. The van der Waals surface area contributed by atoms with Gasteiger partial charge < -0.3 is 5.73 Å². The van der Waals surface area contributed by atoms with Crippen LogP contribution < -0.4 is 10.5 Å². The minimum absolute atomic E-state index is 0.00282. The topological polar surface area (TPSA) is 90.0 Å². The Morgan fingerprint density at radius 3 is 2.62 bits per heavy atom. The van der Waals surface area contributed by atoms with Crippen molar-refractivity contribution in [1.82, 2.24) is 14.5 Å². The molecule has 0 saturated carbocycles. The standard InChI is InChI=1S/C9H14N4O2S/c1-4-5-6-11-16(14,15)8-7(2)13(3)12-9(8)10/h11H,6H2,1-3H3,(H2,10,12). The van der Waals surface area contributed by atoms with E-state index in [4.69, 9.17) is 5.73 Å². The summed E-state index contributed by atoms with van der Waals surface area (Å²) in [5, 5.41) is 3.84. The van der Waals surface area contributed by atoms with Crippen LogP contribution in [0.4, 0.5) is 5.82 Å². The number of nitrogens with zero attached hydrogens (tertiary/aromatic N) is 2. The number of aromatic nitrogens is 2. The van der Waals surface area contributed by atoms with Crippen LogP contribution in [0.2, 0.25) is 0 Å². The van der Waals surface area contributed by atoms with Crippen LogP contribution in [-0.4, -0.2) is 24.7 Å². The molecule has 0 aliphatic rings. The van der Waals surface area contributed by atoms with E-state index in [0.29, 0.717) is 5.69 Å². The van der Waals surface area contributed by atoms with Gasteiger partial charge in [-0.05, 0) is 13.8 Å². The summed E-state index contributed by atoms with van der Waals surface area (Å²) in [6, 6.07) is 0. The zero-order valence-electron chi connectivity index (χ0n) is 9.40. The van der Waals surface area contributed by atoms with Crippen molar-refractivity contribution in [2.75, 3.05) is 12.3 Å². The average Bonchev–Trinajstić information content (AvgIpc) is 2.41. The lowest BCUT2D eigenvalue weighted by molar-refractivity contribution is 0.585. The lowest BCUT2D eigenvalue weighted by atomic mass is 10.5. The van der Waals surface area contributed by atoms with E-state index in [-0.39, 0.29) is 17.3 Å². The van der Waals surface area contributed by atoms with Gasteiger partial charge in [0.15, 0.2) is 5.82 Å². The Bertz CT molecular complexity index is 548. The van der Waals surface area contributed by atoms with E-state index in [0.717, 1.165) is 0 Å². The molecule has 1 aromatic rings. The summed E-state index contributed by atoms with van der Waals surface area (Å²) in [7, 11) is -2.00. The number of hydrogen-bond donors (Lipinski definition) is 2. The van der Waals surface area contributed by atoms with Crippen LogP contribution in [0.3, 0.4) is 0 Å². The third-order valence-corrected chi connectivity index (χ3v) is 3.67. The van der Waals surface area contributed by atoms with Crippen molar-refractivity contribution < 1.29 is 8.42 Å². The van der Waals surface area contributed by atoms with Crippen molar-refractivity contribution in [1.29, 1.82) is 0 Å². The van der Waals surface area contributed by atoms with Crippen LogP contribution in [0.25, 0.3) is 0 Å². The lowest BCUT2D eigenvalue weighted by Gasteiger charge is -2.03. The number of anilines is 1. The van der Waals surface area contributed by atoms with E-state index in [1.54, 1.807) is 20.9 Å². The van der Waals surface area contributed by atoms with Gasteiger partial charge in [-0.2, -0.15) is 9.82 Å². The van der Waals surface area contributed by atoms with Gasteiger partial charge in [0, 0.05) is 7.05 Å². The Kier molecular flexibility index (Phi) is 3.57. The molecule has 0 aliphatic heterocycles. The maximum Gasteiger partial charge on any atom is 0.246 e. The van der Waals surface area contributed by atoms with Crippen LogP contribution in [0, 0.1) is 18.8 Å². The van der Waals surface area contributed by atoms with E-state index < -0.39 is 10.0 Å². The third-order valence-electron chi connectivity index (χ3n) is 2.10. The fourth-order valence-electron chi connectivity index (χ4n) is 1.24. The zero-order valence-corrected chi connectivity index (χ0v) is 10.2. The Morgan fingerprint density at radius 1 is 1.56 bits per heavy atom. The summed E-state index contributed by atoms with van der Waals surface area (Å²) in [6.45, 7) is 3.34. The number of hydrogen-bond acceptors (Lipinski definition) is 4. The minimum Gasteiger partial charge on any atom is -0.381 e. The molecule has 16 heavy (non-hydrogen) atoms. The Labute approximate surface area is 94.9 Å². The first-order valence-electron chi connectivity index (χ1n) is 4.58. The fraction of sp³-hybridized carbons (Fsp3) is 0.444. The number of nitrogens with one attached hydrogen (secondary N) is 1. The Hall–Kier alpha value is -1.52. The smallest absolute Gasteiger partial charge is 0.246 e. The van der Waals surface area contributed by atoms with E-state index in [1.165, 1.54) is 4.68 Å². The first-order chi connectivity index (χ1) is 7.40. The number of aryl methyl sites for hydroxylation is 1. The largest absolute Gasteiger partial charge is 0.381 e. The molecule has 0 amide bonds.